The fourth-order valence-electron chi connectivity index (χ4n) is 3.14. The summed E-state index contributed by atoms with van der Waals surface area (Å²) < 4.78 is 43.8. The lowest BCUT2D eigenvalue weighted by atomic mass is 10.0. The molecule has 0 amide bonds. The van der Waals surface area contributed by atoms with E-state index in [9.17, 15) is 17.6 Å². The van der Waals surface area contributed by atoms with E-state index in [0.717, 1.165) is 6.26 Å². The van der Waals surface area contributed by atoms with Crippen LogP contribution in [0.25, 0.3) is 0 Å². The molecule has 3 rings (SSSR count). The molecule has 1 aliphatic rings. The number of anilines is 1. The number of hydrogen-bond acceptors (Lipinski definition) is 5. The standard InChI is InChI=1S/C19H19ClFNO4S/c1-11(23)12-4-6-18(27(2,24)25)17(10-12)22-16-7-8-26-19(16)13-3-5-14(20)15(21)9-13/h3-6,9-10,16,19,22H,7-8H2,1-2H3. The second-order valence-electron chi connectivity index (χ2n) is 6.54. The minimum absolute atomic E-state index is 0.0229. The van der Waals surface area contributed by atoms with Gasteiger partial charge in [-0.25, -0.2) is 12.8 Å². The van der Waals surface area contributed by atoms with Crippen LogP contribution in [0.1, 0.15) is 35.4 Å². The van der Waals surface area contributed by atoms with Gasteiger partial charge in [0.15, 0.2) is 15.6 Å². The van der Waals surface area contributed by atoms with Crippen molar-refractivity contribution in [3.8, 4) is 0 Å². The maximum atomic E-state index is 13.8. The second kappa shape index (κ2) is 7.58. The Hall–Kier alpha value is -1.96. The molecule has 2 atom stereocenters. The number of hydrogen-bond donors (Lipinski definition) is 1. The van der Waals surface area contributed by atoms with Gasteiger partial charge in [-0.1, -0.05) is 17.7 Å². The fraction of sp³-hybridized carbons (Fsp3) is 0.316. The quantitative estimate of drug-likeness (QED) is 0.752. The summed E-state index contributed by atoms with van der Waals surface area (Å²) in [6, 6.07) is 8.60. The molecule has 2 aromatic carbocycles. The third kappa shape index (κ3) is 4.31. The lowest BCUT2D eigenvalue weighted by molar-refractivity contribution is 0.101. The average molecular weight is 412 g/mol. The van der Waals surface area contributed by atoms with Crippen molar-refractivity contribution in [1.29, 1.82) is 0 Å². The topological polar surface area (TPSA) is 72.5 Å². The van der Waals surface area contributed by atoms with E-state index in [0.29, 0.717) is 29.8 Å². The molecule has 27 heavy (non-hydrogen) atoms. The third-order valence-electron chi connectivity index (χ3n) is 4.49. The molecule has 1 aliphatic heterocycles. The molecule has 1 saturated heterocycles. The SMILES string of the molecule is CC(=O)c1ccc(S(C)(=O)=O)c(NC2CCOC2c2ccc(Cl)c(F)c2)c1. The Kier molecular flexibility index (Phi) is 5.55. The van der Waals surface area contributed by atoms with Crippen molar-refractivity contribution in [2.24, 2.45) is 0 Å². The van der Waals surface area contributed by atoms with Gasteiger partial charge >= 0.3 is 0 Å². The molecule has 1 N–H and O–H groups in total. The predicted octanol–water partition coefficient (Wildman–Crippen LogP) is 4.03. The van der Waals surface area contributed by atoms with Crippen molar-refractivity contribution in [3.63, 3.8) is 0 Å². The highest BCUT2D eigenvalue weighted by Crippen LogP contribution is 2.34. The monoisotopic (exact) mass is 411 g/mol. The first kappa shape index (κ1) is 19.8. The summed E-state index contributed by atoms with van der Waals surface area (Å²) in [6.45, 7) is 1.85. The van der Waals surface area contributed by atoms with Crippen molar-refractivity contribution in [1.82, 2.24) is 0 Å². The normalized spacial score (nSPS) is 19.9. The Morgan fingerprint density at radius 1 is 1.26 bits per heavy atom. The van der Waals surface area contributed by atoms with Crippen LogP contribution in [0.4, 0.5) is 10.1 Å². The lowest BCUT2D eigenvalue weighted by Gasteiger charge is -2.23. The number of Topliss-reactive ketones (excluding diaryl/α,β-unsaturated/α-hetero) is 1. The van der Waals surface area contributed by atoms with Gasteiger partial charge in [-0.05, 0) is 49.2 Å². The van der Waals surface area contributed by atoms with E-state index in [1.165, 1.54) is 37.3 Å². The van der Waals surface area contributed by atoms with E-state index in [2.05, 4.69) is 5.32 Å². The Labute approximate surface area is 162 Å². The summed E-state index contributed by atoms with van der Waals surface area (Å²) in [5.41, 5.74) is 1.34. The van der Waals surface area contributed by atoms with E-state index in [4.69, 9.17) is 16.3 Å². The van der Waals surface area contributed by atoms with Crippen LogP contribution >= 0.6 is 11.6 Å². The molecule has 2 unspecified atom stereocenters. The zero-order valence-electron chi connectivity index (χ0n) is 14.8. The summed E-state index contributed by atoms with van der Waals surface area (Å²) in [4.78, 5) is 11.8. The van der Waals surface area contributed by atoms with Crippen LogP contribution in [0.5, 0.6) is 0 Å². The first-order valence-corrected chi connectivity index (χ1v) is 10.6. The van der Waals surface area contributed by atoms with Gasteiger partial charge in [0.1, 0.15) is 11.9 Å². The number of ketones is 1. The molecular formula is C19H19ClFNO4S. The first-order valence-electron chi connectivity index (χ1n) is 8.35. The van der Waals surface area contributed by atoms with Crippen LogP contribution in [0.15, 0.2) is 41.3 Å². The van der Waals surface area contributed by atoms with E-state index >= 15 is 0 Å². The smallest absolute Gasteiger partial charge is 0.177 e. The number of benzene rings is 2. The third-order valence-corrected chi connectivity index (χ3v) is 5.95. The molecule has 0 spiro atoms. The zero-order valence-corrected chi connectivity index (χ0v) is 16.4. The van der Waals surface area contributed by atoms with Crippen molar-refractivity contribution >= 4 is 32.9 Å². The molecule has 144 valence electrons. The van der Waals surface area contributed by atoms with Gasteiger partial charge in [-0.3, -0.25) is 4.79 Å². The van der Waals surface area contributed by atoms with E-state index in [-0.39, 0.29) is 21.7 Å². The highest BCUT2D eigenvalue weighted by atomic mass is 35.5. The maximum absolute atomic E-state index is 13.8. The number of carbonyl (C=O) groups is 1. The molecule has 0 aliphatic carbocycles. The molecule has 1 heterocycles. The number of halogens is 2. The van der Waals surface area contributed by atoms with Gasteiger partial charge < -0.3 is 10.1 Å². The molecule has 0 saturated carbocycles. The first-order chi connectivity index (χ1) is 12.7. The van der Waals surface area contributed by atoms with Crippen molar-refractivity contribution in [2.45, 2.75) is 30.4 Å². The van der Waals surface area contributed by atoms with Crippen LogP contribution in [0.3, 0.4) is 0 Å². The van der Waals surface area contributed by atoms with Crippen LogP contribution in [-0.2, 0) is 14.6 Å². The van der Waals surface area contributed by atoms with Crippen LogP contribution in [0.2, 0.25) is 5.02 Å². The van der Waals surface area contributed by atoms with E-state index < -0.39 is 21.8 Å². The van der Waals surface area contributed by atoms with E-state index in [1.807, 2.05) is 0 Å². The van der Waals surface area contributed by atoms with Gasteiger partial charge in [0.05, 0.1) is 21.6 Å². The second-order valence-corrected chi connectivity index (χ2v) is 8.94. The maximum Gasteiger partial charge on any atom is 0.177 e. The Bertz CT molecular complexity index is 993. The minimum atomic E-state index is -3.50. The number of rotatable bonds is 5. The molecular weight excluding hydrogens is 393 g/mol. The summed E-state index contributed by atoms with van der Waals surface area (Å²) >= 11 is 5.74. The summed E-state index contributed by atoms with van der Waals surface area (Å²) in [5, 5.41) is 3.21. The molecule has 0 bridgehead atoms. The van der Waals surface area contributed by atoms with Crippen molar-refractivity contribution in [2.75, 3.05) is 18.2 Å². The van der Waals surface area contributed by atoms with Crippen LogP contribution in [0, 0.1) is 5.82 Å². The van der Waals surface area contributed by atoms with E-state index in [1.54, 1.807) is 6.07 Å². The summed E-state index contributed by atoms with van der Waals surface area (Å²) in [6.07, 6.45) is 1.24. The fourth-order valence-corrected chi connectivity index (χ4v) is 4.09. The number of nitrogens with one attached hydrogen (secondary N) is 1. The molecule has 8 heteroatoms. The largest absolute Gasteiger partial charge is 0.378 e. The minimum Gasteiger partial charge on any atom is -0.378 e. The Morgan fingerprint density at radius 2 is 2.00 bits per heavy atom. The van der Waals surface area contributed by atoms with Crippen molar-refractivity contribution < 1.29 is 22.3 Å². The lowest BCUT2D eigenvalue weighted by Crippen LogP contribution is -2.24. The molecule has 1 fully saturated rings. The number of sulfone groups is 1. The van der Waals surface area contributed by atoms with Crippen molar-refractivity contribution in [3.05, 3.63) is 58.4 Å². The van der Waals surface area contributed by atoms with Gasteiger partial charge in [-0.15, -0.1) is 0 Å². The van der Waals surface area contributed by atoms with Gasteiger partial charge in [0.2, 0.25) is 0 Å². The van der Waals surface area contributed by atoms with Gasteiger partial charge in [0.25, 0.3) is 0 Å². The van der Waals surface area contributed by atoms with Gasteiger partial charge in [-0.2, -0.15) is 0 Å². The predicted molar refractivity (Wildman–Crippen MR) is 102 cm³/mol. The average Bonchev–Trinajstić information content (AvgIpc) is 3.04. The highest BCUT2D eigenvalue weighted by Gasteiger charge is 2.31. The highest BCUT2D eigenvalue weighted by molar-refractivity contribution is 7.90. The molecule has 0 radical (unpaired) electrons. The molecule has 5 nitrogen and oxygen atoms in total. The molecule has 0 aromatic heterocycles. The zero-order chi connectivity index (χ0) is 19.8. The summed E-state index contributed by atoms with van der Waals surface area (Å²) in [5.74, 6) is -0.712. The molecule has 2 aromatic rings. The number of ether oxygens (including phenoxy) is 1. The Morgan fingerprint density at radius 3 is 2.63 bits per heavy atom. The Balaban J connectivity index is 1.96. The van der Waals surface area contributed by atoms with Crippen LogP contribution in [-0.4, -0.2) is 33.1 Å². The van der Waals surface area contributed by atoms with Crippen LogP contribution < -0.4 is 5.32 Å². The number of carbonyl (C=O) groups excluding carboxylic acids is 1. The summed E-state index contributed by atoms with van der Waals surface area (Å²) in [7, 11) is -3.50. The van der Waals surface area contributed by atoms with Gasteiger partial charge in [0, 0.05) is 18.4 Å².